The van der Waals surface area contributed by atoms with Gasteiger partial charge in [0.15, 0.2) is 5.72 Å². The van der Waals surface area contributed by atoms with Gasteiger partial charge in [-0.15, -0.1) is 0 Å². The molecule has 2 rings (SSSR count). The van der Waals surface area contributed by atoms with Gasteiger partial charge >= 0.3 is 0 Å². The van der Waals surface area contributed by atoms with Crippen LogP contribution in [0.1, 0.15) is 6.92 Å². The zero-order valence-electron chi connectivity index (χ0n) is 9.64. The highest BCUT2D eigenvalue weighted by Gasteiger charge is 2.44. The molecule has 1 aliphatic rings. The Morgan fingerprint density at radius 2 is 2.31 bits per heavy atom. The van der Waals surface area contributed by atoms with Crippen molar-refractivity contribution in [2.45, 2.75) is 12.6 Å². The highest BCUT2D eigenvalue weighted by molar-refractivity contribution is 5.50. The lowest BCUT2D eigenvalue weighted by Crippen LogP contribution is -2.64. The normalized spacial score (nSPS) is 17.9. The van der Waals surface area contributed by atoms with Gasteiger partial charge in [-0.05, 0) is 19.1 Å². The molecule has 0 aromatic carbocycles. The number of nitrogens with two attached hydrogens (primary N) is 1. The van der Waals surface area contributed by atoms with Crippen LogP contribution in [0.25, 0.3) is 0 Å². The third-order valence-corrected chi connectivity index (χ3v) is 2.93. The fraction of sp³-hybridized carbons (Fsp3) is 0.545. The van der Waals surface area contributed by atoms with Crippen LogP contribution in [0.3, 0.4) is 0 Å². The van der Waals surface area contributed by atoms with Gasteiger partial charge in [0.2, 0.25) is 0 Å². The minimum atomic E-state index is -0.341. The zero-order chi connectivity index (χ0) is 11.6. The number of rotatable bonds is 4. The number of likely N-dealkylation sites (N-methyl/N-ethyl adjacent to an activating group) is 1. The summed E-state index contributed by atoms with van der Waals surface area (Å²) in [5.74, 6) is 0.524. The van der Waals surface area contributed by atoms with E-state index in [-0.39, 0.29) is 5.72 Å². The van der Waals surface area contributed by atoms with Crippen LogP contribution in [0.4, 0.5) is 11.5 Å². The molecule has 1 saturated heterocycles. The number of anilines is 2. The van der Waals surface area contributed by atoms with E-state index in [1.807, 2.05) is 6.07 Å². The van der Waals surface area contributed by atoms with Gasteiger partial charge in [-0.25, -0.2) is 4.98 Å². The average molecular weight is 223 g/mol. The van der Waals surface area contributed by atoms with E-state index in [0.29, 0.717) is 19.0 Å². The number of nitrogen functional groups attached to an aromatic ring is 1. The molecule has 1 aromatic rings. The summed E-state index contributed by atoms with van der Waals surface area (Å²) in [5, 5.41) is 0. The molecule has 5 heteroatoms. The van der Waals surface area contributed by atoms with Gasteiger partial charge in [0.1, 0.15) is 5.82 Å². The maximum absolute atomic E-state index is 5.57. The van der Waals surface area contributed by atoms with Crippen LogP contribution in [0.2, 0.25) is 0 Å². The van der Waals surface area contributed by atoms with E-state index in [2.05, 4.69) is 16.8 Å². The lowest BCUT2D eigenvalue weighted by molar-refractivity contribution is -0.194. The number of hydrogen-bond acceptors (Lipinski definition) is 5. The first-order valence-electron chi connectivity index (χ1n) is 5.34. The molecule has 1 fully saturated rings. The van der Waals surface area contributed by atoms with Gasteiger partial charge in [-0.3, -0.25) is 0 Å². The topological polar surface area (TPSA) is 60.6 Å². The first-order valence-corrected chi connectivity index (χ1v) is 5.34. The molecule has 0 saturated carbocycles. The molecule has 0 bridgehead atoms. The Kier molecular flexibility index (Phi) is 2.98. The molecular formula is C11H17N3O2. The summed E-state index contributed by atoms with van der Waals surface area (Å²) < 4.78 is 10.8. The van der Waals surface area contributed by atoms with Crippen molar-refractivity contribution in [2.24, 2.45) is 0 Å². The van der Waals surface area contributed by atoms with E-state index < -0.39 is 0 Å². The largest absolute Gasteiger partial charge is 0.384 e. The fourth-order valence-corrected chi connectivity index (χ4v) is 1.92. The van der Waals surface area contributed by atoms with Crippen LogP contribution < -0.4 is 10.6 Å². The molecule has 0 unspecified atom stereocenters. The molecule has 0 atom stereocenters. The zero-order valence-corrected chi connectivity index (χ0v) is 9.64. The standard InChI is InChI=1S/C11H17N3O2/c1-3-14(11(15-2)7-16-8-11)9-4-5-10(12)13-6-9/h4-6H,3,7-8H2,1-2H3,(H2,12,13). The van der Waals surface area contributed by atoms with E-state index in [4.69, 9.17) is 15.2 Å². The second-order valence-corrected chi connectivity index (χ2v) is 3.83. The van der Waals surface area contributed by atoms with Gasteiger partial charge in [-0.1, -0.05) is 0 Å². The molecule has 0 spiro atoms. The Bertz CT molecular complexity index is 343. The third-order valence-electron chi connectivity index (χ3n) is 2.93. The first kappa shape index (κ1) is 11.2. The van der Waals surface area contributed by atoms with Gasteiger partial charge in [0.05, 0.1) is 25.1 Å². The summed E-state index contributed by atoms with van der Waals surface area (Å²) >= 11 is 0. The van der Waals surface area contributed by atoms with Crippen molar-refractivity contribution in [3.63, 3.8) is 0 Å². The number of methoxy groups -OCH3 is 1. The minimum Gasteiger partial charge on any atom is -0.384 e. The lowest BCUT2D eigenvalue weighted by Gasteiger charge is -2.48. The Labute approximate surface area is 95.2 Å². The first-order chi connectivity index (χ1) is 7.72. The Hall–Kier alpha value is -1.33. The SMILES string of the molecule is CCN(c1ccc(N)nc1)C1(OC)COC1. The second-order valence-electron chi connectivity index (χ2n) is 3.83. The van der Waals surface area contributed by atoms with E-state index in [0.717, 1.165) is 12.2 Å². The van der Waals surface area contributed by atoms with Crippen LogP contribution in [0.15, 0.2) is 18.3 Å². The van der Waals surface area contributed by atoms with E-state index in [1.165, 1.54) is 0 Å². The van der Waals surface area contributed by atoms with E-state index in [1.54, 1.807) is 19.4 Å². The summed E-state index contributed by atoms with van der Waals surface area (Å²) in [4.78, 5) is 6.24. The van der Waals surface area contributed by atoms with Gasteiger partial charge in [0.25, 0.3) is 0 Å². The van der Waals surface area contributed by atoms with Crippen molar-refractivity contribution in [2.75, 3.05) is 37.5 Å². The monoisotopic (exact) mass is 223 g/mol. The molecule has 16 heavy (non-hydrogen) atoms. The average Bonchev–Trinajstić information content (AvgIpc) is 2.25. The van der Waals surface area contributed by atoms with Crippen LogP contribution >= 0.6 is 0 Å². The summed E-state index contributed by atoms with van der Waals surface area (Å²) in [7, 11) is 1.70. The van der Waals surface area contributed by atoms with Gasteiger partial charge < -0.3 is 20.1 Å². The van der Waals surface area contributed by atoms with Crippen LogP contribution in [-0.2, 0) is 9.47 Å². The van der Waals surface area contributed by atoms with Crippen molar-refractivity contribution in [3.8, 4) is 0 Å². The fourth-order valence-electron chi connectivity index (χ4n) is 1.92. The smallest absolute Gasteiger partial charge is 0.187 e. The Morgan fingerprint density at radius 1 is 1.56 bits per heavy atom. The maximum atomic E-state index is 5.57. The van der Waals surface area contributed by atoms with Crippen molar-refractivity contribution >= 4 is 11.5 Å². The van der Waals surface area contributed by atoms with Crippen LogP contribution in [0.5, 0.6) is 0 Å². The second kappa shape index (κ2) is 4.27. The van der Waals surface area contributed by atoms with Gasteiger partial charge in [-0.2, -0.15) is 0 Å². The molecule has 2 N–H and O–H groups in total. The van der Waals surface area contributed by atoms with Crippen LogP contribution in [-0.4, -0.2) is 37.6 Å². The Balaban J connectivity index is 2.25. The third kappa shape index (κ3) is 1.72. The molecule has 2 heterocycles. The van der Waals surface area contributed by atoms with Crippen molar-refractivity contribution < 1.29 is 9.47 Å². The molecule has 0 amide bonds. The maximum Gasteiger partial charge on any atom is 0.187 e. The summed E-state index contributed by atoms with van der Waals surface area (Å²) in [6.07, 6.45) is 1.76. The van der Waals surface area contributed by atoms with E-state index >= 15 is 0 Å². The highest BCUT2D eigenvalue weighted by atomic mass is 16.6. The van der Waals surface area contributed by atoms with Gasteiger partial charge in [0, 0.05) is 13.7 Å². The van der Waals surface area contributed by atoms with E-state index in [9.17, 15) is 0 Å². The number of hydrogen-bond donors (Lipinski definition) is 1. The Morgan fingerprint density at radius 3 is 2.69 bits per heavy atom. The molecule has 88 valence electrons. The molecule has 0 aliphatic carbocycles. The number of nitrogens with zero attached hydrogens (tertiary/aromatic N) is 2. The molecular weight excluding hydrogens is 206 g/mol. The van der Waals surface area contributed by atoms with Crippen molar-refractivity contribution in [3.05, 3.63) is 18.3 Å². The molecule has 0 radical (unpaired) electrons. The summed E-state index contributed by atoms with van der Waals surface area (Å²) in [6.45, 7) is 4.08. The van der Waals surface area contributed by atoms with Crippen LogP contribution in [0, 0.1) is 0 Å². The number of aromatic nitrogens is 1. The number of ether oxygens (including phenoxy) is 2. The molecule has 5 nitrogen and oxygen atoms in total. The highest BCUT2D eigenvalue weighted by Crippen LogP contribution is 2.30. The summed E-state index contributed by atoms with van der Waals surface area (Å²) in [5.41, 5.74) is 6.23. The molecule has 1 aliphatic heterocycles. The van der Waals surface area contributed by atoms with Crippen molar-refractivity contribution in [1.82, 2.24) is 4.98 Å². The predicted octanol–water partition coefficient (Wildman–Crippen LogP) is 0.863. The predicted molar refractivity (Wildman–Crippen MR) is 62.2 cm³/mol. The van der Waals surface area contributed by atoms with Crippen molar-refractivity contribution in [1.29, 1.82) is 0 Å². The minimum absolute atomic E-state index is 0.341. The molecule has 1 aromatic heterocycles. The lowest BCUT2D eigenvalue weighted by atomic mass is 10.1. The summed E-state index contributed by atoms with van der Waals surface area (Å²) in [6, 6.07) is 3.74. The number of pyridine rings is 1. The quantitative estimate of drug-likeness (QED) is 0.767.